The number of benzene rings is 1. The summed E-state index contributed by atoms with van der Waals surface area (Å²) < 4.78 is 16.0. The Labute approximate surface area is 124 Å². The van der Waals surface area contributed by atoms with Gasteiger partial charge in [0.15, 0.2) is 11.5 Å². The van der Waals surface area contributed by atoms with Gasteiger partial charge in [-0.2, -0.15) is 0 Å². The number of para-hydroxylation sites is 1. The number of hydrogen-bond donors (Lipinski definition) is 2. The van der Waals surface area contributed by atoms with E-state index in [9.17, 15) is 9.90 Å². The molecule has 0 aliphatic carbocycles. The Bertz CT molecular complexity index is 485. The molecule has 1 heterocycles. The van der Waals surface area contributed by atoms with Gasteiger partial charge in [-0.3, -0.25) is 10.1 Å². The van der Waals surface area contributed by atoms with Crippen molar-refractivity contribution in [2.24, 2.45) is 0 Å². The number of aliphatic carboxylic acids is 1. The number of methoxy groups -OCH3 is 2. The summed E-state index contributed by atoms with van der Waals surface area (Å²) in [5.74, 6) is -0.00745. The van der Waals surface area contributed by atoms with Crippen LogP contribution >= 0.6 is 0 Å². The molecule has 0 amide bonds. The number of carboxylic acids is 1. The molecule has 2 unspecified atom stereocenters. The molecule has 1 aliphatic rings. The summed E-state index contributed by atoms with van der Waals surface area (Å²) in [6.07, 6.45) is 2.05. The minimum Gasteiger partial charge on any atom is -0.493 e. The minimum atomic E-state index is -0.959. The Hall–Kier alpha value is -1.79. The second kappa shape index (κ2) is 7.28. The van der Waals surface area contributed by atoms with E-state index in [4.69, 9.17) is 14.2 Å². The van der Waals surface area contributed by atoms with Crippen molar-refractivity contribution in [3.8, 4) is 11.5 Å². The minimum absolute atomic E-state index is 0.0726. The average Bonchev–Trinajstić information content (AvgIpc) is 3.00. The zero-order chi connectivity index (χ0) is 15.2. The van der Waals surface area contributed by atoms with Crippen LogP contribution in [-0.4, -0.2) is 44.6 Å². The van der Waals surface area contributed by atoms with E-state index >= 15 is 0 Å². The van der Waals surface area contributed by atoms with E-state index in [1.807, 2.05) is 0 Å². The van der Waals surface area contributed by atoms with Crippen molar-refractivity contribution in [1.29, 1.82) is 0 Å². The molecule has 1 aromatic rings. The highest BCUT2D eigenvalue weighted by molar-refractivity contribution is 5.77. The van der Waals surface area contributed by atoms with Gasteiger partial charge in [-0.1, -0.05) is 12.1 Å². The third kappa shape index (κ3) is 3.65. The zero-order valence-corrected chi connectivity index (χ0v) is 12.3. The van der Waals surface area contributed by atoms with Gasteiger partial charge in [-0.15, -0.1) is 0 Å². The van der Waals surface area contributed by atoms with Gasteiger partial charge in [0, 0.05) is 18.7 Å². The van der Waals surface area contributed by atoms with Crippen molar-refractivity contribution in [3.05, 3.63) is 23.8 Å². The van der Waals surface area contributed by atoms with E-state index in [1.165, 1.54) is 14.2 Å². The molecule has 0 bridgehead atoms. The van der Waals surface area contributed by atoms with E-state index in [1.54, 1.807) is 18.2 Å². The van der Waals surface area contributed by atoms with E-state index < -0.39 is 12.0 Å². The fourth-order valence-corrected chi connectivity index (χ4v) is 2.52. The van der Waals surface area contributed by atoms with Crippen molar-refractivity contribution in [3.63, 3.8) is 0 Å². The molecule has 0 radical (unpaired) electrons. The molecule has 116 valence electrons. The van der Waals surface area contributed by atoms with Crippen LogP contribution < -0.4 is 14.8 Å². The Balaban J connectivity index is 2.19. The molecular formula is C15H21NO5. The van der Waals surface area contributed by atoms with Crippen molar-refractivity contribution in [1.82, 2.24) is 5.32 Å². The van der Waals surface area contributed by atoms with E-state index in [2.05, 4.69) is 5.32 Å². The van der Waals surface area contributed by atoms with Crippen LogP contribution in [0.5, 0.6) is 11.5 Å². The molecule has 6 nitrogen and oxygen atoms in total. The first kappa shape index (κ1) is 15.6. The summed E-state index contributed by atoms with van der Waals surface area (Å²) in [6.45, 7) is 1.24. The van der Waals surface area contributed by atoms with E-state index in [-0.39, 0.29) is 6.10 Å². The number of carboxylic acid groups (broad SMARTS) is 1. The van der Waals surface area contributed by atoms with E-state index in [0.29, 0.717) is 23.6 Å². The first-order valence-electron chi connectivity index (χ1n) is 6.96. The van der Waals surface area contributed by atoms with Gasteiger partial charge in [0.1, 0.15) is 6.04 Å². The van der Waals surface area contributed by atoms with Crippen LogP contribution in [0.4, 0.5) is 0 Å². The van der Waals surface area contributed by atoms with Crippen LogP contribution in [0.25, 0.3) is 0 Å². The molecule has 0 saturated carbocycles. The number of carbonyl (C=O) groups is 1. The highest BCUT2D eigenvalue weighted by Gasteiger charge is 2.26. The second-order valence-electron chi connectivity index (χ2n) is 4.90. The predicted molar refractivity (Wildman–Crippen MR) is 76.9 cm³/mol. The molecule has 0 aromatic heterocycles. The molecule has 21 heavy (non-hydrogen) atoms. The molecule has 1 fully saturated rings. The van der Waals surface area contributed by atoms with Crippen molar-refractivity contribution >= 4 is 5.97 Å². The van der Waals surface area contributed by atoms with Gasteiger partial charge >= 0.3 is 5.97 Å². The van der Waals surface area contributed by atoms with Crippen LogP contribution in [0.15, 0.2) is 18.2 Å². The molecule has 2 N–H and O–H groups in total. The first-order valence-corrected chi connectivity index (χ1v) is 6.96. The average molecular weight is 295 g/mol. The highest BCUT2D eigenvalue weighted by Crippen LogP contribution is 2.34. The maximum atomic E-state index is 11.6. The quantitative estimate of drug-likeness (QED) is 0.795. The fraction of sp³-hybridized carbons (Fsp3) is 0.533. The number of ether oxygens (including phenoxy) is 3. The maximum absolute atomic E-state index is 11.6. The Morgan fingerprint density at radius 2 is 2.29 bits per heavy atom. The lowest BCUT2D eigenvalue weighted by Crippen LogP contribution is -2.34. The van der Waals surface area contributed by atoms with Crippen molar-refractivity contribution in [2.45, 2.75) is 25.0 Å². The summed E-state index contributed by atoms with van der Waals surface area (Å²) in [5, 5.41) is 12.5. The van der Waals surface area contributed by atoms with Gasteiger partial charge in [0.05, 0.1) is 20.3 Å². The van der Waals surface area contributed by atoms with Crippen LogP contribution in [0.3, 0.4) is 0 Å². The van der Waals surface area contributed by atoms with Gasteiger partial charge in [-0.05, 0) is 18.9 Å². The lowest BCUT2D eigenvalue weighted by molar-refractivity contribution is -0.139. The Kier molecular flexibility index (Phi) is 5.41. The second-order valence-corrected chi connectivity index (χ2v) is 4.90. The van der Waals surface area contributed by atoms with Crippen LogP contribution in [0.1, 0.15) is 24.4 Å². The molecule has 6 heteroatoms. The smallest absolute Gasteiger partial charge is 0.325 e. The fourth-order valence-electron chi connectivity index (χ4n) is 2.52. The summed E-state index contributed by atoms with van der Waals surface area (Å²) in [5.41, 5.74) is 0.544. The van der Waals surface area contributed by atoms with Gasteiger partial charge in [-0.25, -0.2) is 0 Å². The maximum Gasteiger partial charge on any atom is 0.325 e. The van der Waals surface area contributed by atoms with Gasteiger partial charge < -0.3 is 19.3 Å². The molecule has 2 atom stereocenters. The number of nitrogens with one attached hydrogen (secondary N) is 1. The normalized spacial score (nSPS) is 19.2. The third-order valence-corrected chi connectivity index (χ3v) is 3.56. The first-order chi connectivity index (χ1) is 10.2. The van der Waals surface area contributed by atoms with Gasteiger partial charge in [0.25, 0.3) is 0 Å². The molecule has 1 saturated heterocycles. The van der Waals surface area contributed by atoms with Crippen LogP contribution in [-0.2, 0) is 9.53 Å². The summed E-state index contributed by atoms with van der Waals surface area (Å²) in [4.78, 5) is 11.6. The summed E-state index contributed by atoms with van der Waals surface area (Å²) in [6, 6.07) is 4.35. The molecular weight excluding hydrogens is 274 g/mol. The standard InChI is InChI=1S/C15H21NO5/c1-19-12-7-3-6-11(14(12)20-2)13(15(17)18)16-9-10-5-4-8-21-10/h3,6-7,10,13,16H,4-5,8-9H2,1-2H3,(H,17,18). The Morgan fingerprint density at radius 3 is 2.86 bits per heavy atom. The van der Waals surface area contributed by atoms with E-state index in [0.717, 1.165) is 19.4 Å². The number of hydrogen-bond acceptors (Lipinski definition) is 5. The summed E-state index contributed by atoms with van der Waals surface area (Å²) >= 11 is 0. The lowest BCUT2D eigenvalue weighted by Gasteiger charge is -2.20. The largest absolute Gasteiger partial charge is 0.493 e. The monoisotopic (exact) mass is 295 g/mol. The molecule has 0 spiro atoms. The molecule has 1 aliphatic heterocycles. The SMILES string of the molecule is COc1cccc(C(NCC2CCCO2)C(=O)O)c1OC. The highest BCUT2D eigenvalue weighted by atomic mass is 16.5. The zero-order valence-electron chi connectivity index (χ0n) is 12.3. The third-order valence-electron chi connectivity index (χ3n) is 3.56. The molecule has 2 rings (SSSR count). The van der Waals surface area contributed by atoms with Crippen molar-refractivity contribution < 1.29 is 24.1 Å². The molecule has 1 aromatic carbocycles. The van der Waals surface area contributed by atoms with Crippen LogP contribution in [0.2, 0.25) is 0 Å². The summed E-state index contributed by atoms with van der Waals surface area (Å²) in [7, 11) is 3.03. The lowest BCUT2D eigenvalue weighted by atomic mass is 10.0. The van der Waals surface area contributed by atoms with Gasteiger partial charge in [0.2, 0.25) is 0 Å². The number of rotatable bonds is 7. The Morgan fingerprint density at radius 1 is 1.48 bits per heavy atom. The van der Waals surface area contributed by atoms with Crippen molar-refractivity contribution in [2.75, 3.05) is 27.4 Å². The predicted octanol–water partition coefficient (Wildman–Crippen LogP) is 1.60. The topological polar surface area (TPSA) is 77.0 Å². The van der Waals surface area contributed by atoms with Crippen LogP contribution in [0, 0.1) is 0 Å².